The van der Waals surface area contributed by atoms with E-state index in [4.69, 9.17) is 25.3 Å². The zero-order chi connectivity index (χ0) is 12.3. The van der Waals surface area contributed by atoms with Crippen molar-refractivity contribution in [3.05, 3.63) is 22.2 Å². The van der Waals surface area contributed by atoms with Gasteiger partial charge in [0, 0.05) is 4.47 Å². The molecule has 0 saturated carbocycles. The van der Waals surface area contributed by atoms with Crippen LogP contribution in [0.3, 0.4) is 0 Å². The molecule has 0 bridgehead atoms. The average molecular weight is 327 g/mol. The van der Waals surface area contributed by atoms with Crippen LogP contribution in [0, 0.1) is 6.92 Å². The summed E-state index contributed by atoms with van der Waals surface area (Å²) in [6.45, 7) is 1.97. The van der Waals surface area contributed by atoms with E-state index in [0.29, 0.717) is 5.82 Å². The summed E-state index contributed by atoms with van der Waals surface area (Å²) in [5, 5.41) is 19.9. The van der Waals surface area contributed by atoms with Crippen LogP contribution in [-0.2, 0) is 0 Å². The molecule has 0 aliphatic heterocycles. The van der Waals surface area contributed by atoms with Crippen molar-refractivity contribution >= 4 is 38.9 Å². The third-order valence-electron chi connectivity index (χ3n) is 1.86. The summed E-state index contributed by atoms with van der Waals surface area (Å²) in [6, 6.07) is 3.76. The summed E-state index contributed by atoms with van der Waals surface area (Å²) >= 11 is 3.41. The first-order valence-corrected chi connectivity index (χ1v) is 4.92. The van der Waals surface area contributed by atoms with Gasteiger partial charge in [0.1, 0.15) is 0 Å². The van der Waals surface area contributed by atoms with Gasteiger partial charge in [-0.2, -0.15) is 0 Å². The smallest absolute Gasteiger partial charge is 0.565 e. The van der Waals surface area contributed by atoms with E-state index in [1.165, 1.54) is 0 Å². The molecule has 0 saturated heterocycles. The summed E-state index contributed by atoms with van der Waals surface area (Å²) in [5.41, 5.74) is 7.41. The van der Waals surface area contributed by atoms with Crippen molar-refractivity contribution in [1.82, 2.24) is 5.16 Å². The molecule has 1 aromatic heterocycles. The zero-order valence-corrected chi connectivity index (χ0v) is 13.9. The van der Waals surface area contributed by atoms with Crippen LogP contribution in [-0.4, -0.2) is 16.4 Å². The van der Waals surface area contributed by atoms with Gasteiger partial charge >= 0.3 is 51.4 Å². The third kappa shape index (κ3) is 4.57. The molecule has 3 N–H and O–H groups in total. The maximum atomic E-state index is 8.44. The van der Waals surface area contributed by atoms with Crippen LogP contribution in [0.15, 0.2) is 21.1 Å². The monoisotopic (exact) mass is 326 g/mol. The molecule has 0 spiro atoms. The molecule has 0 atom stereocenters. The summed E-state index contributed by atoms with van der Waals surface area (Å²) in [6.07, 6.45) is -2.08. The van der Waals surface area contributed by atoms with Crippen molar-refractivity contribution in [3.8, 4) is 0 Å². The Morgan fingerprint density at radius 2 is 2.12 bits per heavy atom. The molecule has 0 unspecified atom stereocenters. The van der Waals surface area contributed by atoms with Gasteiger partial charge in [0.05, 0.1) is 5.39 Å². The van der Waals surface area contributed by atoms with E-state index in [0.717, 1.165) is 21.0 Å². The Bertz CT molecular complexity index is 525. The molecule has 0 aliphatic rings. The van der Waals surface area contributed by atoms with Gasteiger partial charge in [-0.1, -0.05) is 21.1 Å². The van der Waals surface area contributed by atoms with Gasteiger partial charge < -0.3 is 25.3 Å². The molecule has 0 fully saturated rings. The molecule has 0 amide bonds. The molecule has 1 aromatic carbocycles. The van der Waals surface area contributed by atoms with E-state index in [1.807, 2.05) is 19.1 Å². The van der Waals surface area contributed by atoms with E-state index >= 15 is 0 Å². The van der Waals surface area contributed by atoms with Gasteiger partial charge in [0.25, 0.3) is 0 Å². The molecule has 2 aromatic rings. The van der Waals surface area contributed by atoms with Crippen LogP contribution in [0.25, 0.3) is 11.0 Å². The van der Waals surface area contributed by atoms with Crippen LogP contribution < -0.4 is 62.2 Å². The number of nitrogens with zero attached hydrogens (tertiary/aromatic N) is 1. The van der Waals surface area contributed by atoms with Gasteiger partial charge in [-0.25, -0.2) is 0 Å². The molecular weight excluding hydrogens is 319 g/mol. The minimum absolute atomic E-state index is 0. The number of aromatic nitrogens is 1. The van der Waals surface area contributed by atoms with Gasteiger partial charge in [-0.05, 0) is 24.6 Å². The minimum atomic E-state index is -2.08. The van der Waals surface area contributed by atoms with Crippen molar-refractivity contribution in [3.63, 3.8) is 0 Å². The van der Waals surface area contributed by atoms with Crippen molar-refractivity contribution in [2.75, 3.05) is 5.73 Å². The first-order chi connectivity index (χ1) is 7.43. The molecule has 86 valence electrons. The largest absolute Gasteiger partial charge is 1.00 e. The quantitative estimate of drug-likeness (QED) is 0.562. The Labute approximate surface area is 148 Å². The first-order valence-electron chi connectivity index (χ1n) is 4.13. The zero-order valence-electron chi connectivity index (χ0n) is 9.23. The average Bonchev–Trinajstić information content (AvgIpc) is 2.54. The number of carbonyl (C=O) groups is 1. The minimum Gasteiger partial charge on any atom is -0.565 e. The number of aryl methyl sites for hydroxylation is 1. The standard InChI is InChI=1S/C8H7BrN2O.CH2O3.K/c1-4-5(9)2-3-6-7(4)8(10)11-12-6;2-1(3)4;/h2-3H,1H3,(H2,10,11);(H2,2,3,4);/q;;+1/p-1. The van der Waals surface area contributed by atoms with Crippen LogP contribution in [0.1, 0.15) is 5.56 Å². The summed E-state index contributed by atoms with van der Waals surface area (Å²) in [5.74, 6) is 0.448. The topological polar surface area (TPSA) is 112 Å². The number of hydrogen-bond donors (Lipinski definition) is 2. The fourth-order valence-corrected chi connectivity index (χ4v) is 1.53. The van der Waals surface area contributed by atoms with Gasteiger partial charge in [-0.3, -0.25) is 0 Å². The second-order valence-electron chi connectivity index (χ2n) is 2.88. The van der Waals surface area contributed by atoms with Crippen LogP contribution in [0.5, 0.6) is 0 Å². The number of nitrogen functional groups attached to an aromatic ring is 1. The number of anilines is 1. The Kier molecular flexibility index (Phi) is 7.29. The molecule has 17 heavy (non-hydrogen) atoms. The van der Waals surface area contributed by atoms with Gasteiger partial charge in [0.15, 0.2) is 11.4 Å². The third-order valence-corrected chi connectivity index (χ3v) is 2.72. The van der Waals surface area contributed by atoms with Crippen LogP contribution >= 0.6 is 15.9 Å². The molecular formula is C9H8BrKN2O4. The number of carboxylic acid groups (broad SMARTS) is 2. The van der Waals surface area contributed by atoms with E-state index in [9.17, 15) is 0 Å². The van der Waals surface area contributed by atoms with Gasteiger partial charge in [-0.15, -0.1) is 0 Å². The van der Waals surface area contributed by atoms with Crippen LogP contribution in [0.4, 0.5) is 10.6 Å². The second-order valence-corrected chi connectivity index (χ2v) is 3.73. The Hall–Kier alpha value is -0.124. The number of hydrogen-bond acceptors (Lipinski definition) is 5. The Balaban J connectivity index is 0.000000453. The van der Waals surface area contributed by atoms with Crippen molar-refractivity contribution < 1.29 is 70.9 Å². The first kappa shape index (κ1) is 16.9. The summed E-state index contributed by atoms with van der Waals surface area (Å²) in [7, 11) is 0. The van der Waals surface area contributed by atoms with E-state index in [-0.39, 0.29) is 51.4 Å². The predicted molar refractivity (Wildman–Crippen MR) is 58.9 cm³/mol. The fourth-order valence-electron chi connectivity index (χ4n) is 1.20. The maximum Gasteiger partial charge on any atom is 1.00 e. The van der Waals surface area contributed by atoms with Crippen molar-refractivity contribution in [2.45, 2.75) is 6.92 Å². The number of rotatable bonds is 0. The SMILES string of the molecule is Cc1c(Br)ccc2onc(N)c12.O=C([O-])O.[K+]. The predicted octanol–water partition coefficient (Wildman–Crippen LogP) is -1.63. The normalized spacial score (nSPS) is 9.06. The van der Waals surface area contributed by atoms with E-state index < -0.39 is 6.16 Å². The van der Waals surface area contributed by atoms with Crippen LogP contribution in [0.2, 0.25) is 0 Å². The molecule has 6 nitrogen and oxygen atoms in total. The number of nitrogens with two attached hydrogens (primary N) is 1. The summed E-state index contributed by atoms with van der Waals surface area (Å²) < 4.78 is 6.01. The molecule has 0 radical (unpaired) electrons. The molecule has 8 heteroatoms. The van der Waals surface area contributed by atoms with E-state index in [1.54, 1.807) is 0 Å². The summed E-state index contributed by atoms with van der Waals surface area (Å²) in [4.78, 5) is 8.44. The number of halogens is 1. The molecule has 0 aliphatic carbocycles. The number of benzene rings is 1. The Morgan fingerprint density at radius 3 is 2.65 bits per heavy atom. The van der Waals surface area contributed by atoms with Crippen molar-refractivity contribution in [1.29, 1.82) is 0 Å². The number of fused-ring (bicyclic) bond motifs is 1. The van der Waals surface area contributed by atoms with Gasteiger partial charge in [0.2, 0.25) is 6.16 Å². The molecule has 2 rings (SSSR count). The van der Waals surface area contributed by atoms with Crippen molar-refractivity contribution in [2.24, 2.45) is 0 Å². The fraction of sp³-hybridized carbons (Fsp3) is 0.111. The second kappa shape index (κ2) is 7.34. The van der Waals surface area contributed by atoms with E-state index in [2.05, 4.69) is 21.1 Å². The molecule has 1 heterocycles. The maximum absolute atomic E-state index is 8.44. The Morgan fingerprint density at radius 1 is 1.59 bits per heavy atom.